The zero-order chi connectivity index (χ0) is 20.3. The predicted molar refractivity (Wildman–Crippen MR) is 100 cm³/mol. The maximum absolute atomic E-state index is 12.6. The van der Waals surface area contributed by atoms with Crippen LogP contribution in [0.1, 0.15) is 25.0 Å². The molecule has 0 spiro atoms. The molecule has 0 aliphatic carbocycles. The van der Waals surface area contributed by atoms with Crippen molar-refractivity contribution in [1.29, 1.82) is 0 Å². The maximum atomic E-state index is 12.6. The number of ether oxygens (including phenoxy) is 1. The quantitative estimate of drug-likeness (QED) is 0.206. The number of oxime groups is 1. The van der Waals surface area contributed by atoms with Gasteiger partial charge in [-0.15, -0.1) is 11.3 Å². The fourth-order valence-corrected chi connectivity index (χ4v) is 5.05. The Hall–Kier alpha value is -2.38. The number of hydrogen-bond acceptors (Lipinski definition) is 10. The van der Waals surface area contributed by atoms with Crippen LogP contribution in [0.2, 0.25) is 0 Å². The average molecular weight is 429 g/mol. The number of nitrogen functional groups attached to an aromatic ring is 1. The van der Waals surface area contributed by atoms with Crippen LogP contribution in [0.3, 0.4) is 0 Å². The minimum absolute atomic E-state index is 0.154. The molecule has 152 valence electrons. The summed E-state index contributed by atoms with van der Waals surface area (Å²) >= 11 is -0.296. The van der Waals surface area contributed by atoms with Gasteiger partial charge in [0, 0.05) is 11.8 Å². The standard InChI is InChI=1S/C15H19N5O6S2/c1-25-19-10(8-6-27-15(16)17-8)12(22)18-11-13(23)20-7-26-9(21)4-2-3-5-28(24)14(11)20/h6,11,14H,2-5,7H2,1H3,(H2,16,17)(H,18,22)/b19-10-/t11-,14-,28?/m1/s1. The Morgan fingerprint density at radius 1 is 1.54 bits per heavy atom. The summed E-state index contributed by atoms with van der Waals surface area (Å²) in [4.78, 5) is 46.6. The zero-order valence-electron chi connectivity index (χ0n) is 15.0. The van der Waals surface area contributed by atoms with Gasteiger partial charge in [0.15, 0.2) is 23.6 Å². The maximum Gasteiger partial charge on any atom is 0.307 e. The van der Waals surface area contributed by atoms with Gasteiger partial charge in [-0.1, -0.05) is 5.16 Å². The van der Waals surface area contributed by atoms with E-state index in [9.17, 15) is 18.9 Å². The summed E-state index contributed by atoms with van der Waals surface area (Å²) in [6.45, 7) is -0.290. The first-order valence-corrected chi connectivity index (χ1v) is 10.6. The number of amides is 2. The molecule has 13 heteroatoms. The SMILES string of the molecule is CO/N=C(\C(=O)N[C@@H]1C(=O)N2COC(=O)CCCC[S+]([O-])[C@H]12)c1csc(N)n1. The fourth-order valence-electron chi connectivity index (χ4n) is 2.84. The van der Waals surface area contributed by atoms with Crippen LogP contribution in [-0.4, -0.2) is 68.9 Å². The number of carbonyl (C=O) groups is 3. The van der Waals surface area contributed by atoms with E-state index in [1.807, 2.05) is 0 Å². The number of esters is 1. The molecule has 2 aliphatic heterocycles. The number of nitrogens with two attached hydrogens (primary N) is 1. The molecule has 3 rings (SSSR count). The van der Waals surface area contributed by atoms with Crippen LogP contribution in [0.25, 0.3) is 0 Å². The largest absolute Gasteiger partial charge is 0.615 e. The minimum Gasteiger partial charge on any atom is -0.615 e. The average Bonchev–Trinajstić information content (AvgIpc) is 3.09. The number of cyclic esters (lactones) is 1. The summed E-state index contributed by atoms with van der Waals surface area (Å²) in [6, 6.07) is -1.02. The minimum atomic E-state index is -1.42. The van der Waals surface area contributed by atoms with Crippen LogP contribution in [-0.2, 0) is 35.1 Å². The van der Waals surface area contributed by atoms with Gasteiger partial charge >= 0.3 is 5.97 Å². The highest BCUT2D eigenvalue weighted by Gasteiger charge is 2.56. The molecule has 11 nitrogen and oxygen atoms in total. The Balaban J connectivity index is 1.75. The van der Waals surface area contributed by atoms with Gasteiger partial charge in [0.1, 0.15) is 18.6 Å². The smallest absolute Gasteiger partial charge is 0.307 e. The summed E-state index contributed by atoms with van der Waals surface area (Å²) in [5, 5.41) is 7.18. The number of thiazole rings is 1. The second-order valence-electron chi connectivity index (χ2n) is 6.03. The number of anilines is 1. The van der Waals surface area contributed by atoms with E-state index in [-0.39, 0.29) is 29.7 Å². The summed E-state index contributed by atoms with van der Waals surface area (Å²) in [7, 11) is 1.27. The van der Waals surface area contributed by atoms with Gasteiger partial charge in [-0.05, 0) is 24.0 Å². The molecule has 0 saturated carbocycles. The molecule has 28 heavy (non-hydrogen) atoms. The predicted octanol–water partition coefficient (Wildman–Crippen LogP) is -0.838. The number of fused-ring (bicyclic) bond motifs is 1. The second-order valence-corrected chi connectivity index (χ2v) is 8.57. The van der Waals surface area contributed by atoms with Gasteiger partial charge in [0.25, 0.3) is 11.8 Å². The molecule has 3 N–H and O–H groups in total. The molecule has 2 aliphatic rings. The fraction of sp³-hybridized carbons (Fsp3) is 0.533. The highest BCUT2D eigenvalue weighted by Crippen LogP contribution is 2.27. The van der Waals surface area contributed by atoms with Gasteiger partial charge in [0.2, 0.25) is 5.37 Å². The third kappa shape index (κ3) is 4.20. The first-order valence-electron chi connectivity index (χ1n) is 8.39. The normalized spacial score (nSPS) is 26.0. The van der Waals surface area contributed by atoms with Crippen molar-refractivity contribution < 1.29 is 28.5 Å². The first-order chi connectivity index (χ1) is 13.4. The molecule has 0 bridgehead atoms. The van der Waals surface area contributed by atoms with E-state index in [1.54, 1.807) is 0 Å². The second kappa shape index (κ2) is 8.75. The number of nitrogens with one attached hydrogen (secondary N) is 1. The Kier molecular flexibility index (Phi) is 6.36. The van der Waals surface area contributed by atoms with Crippen molar-refractivity contribution in [2.45, 2.75) is 30.7 Å². The molecule has 2 amide bonds. The zero-order valence-corrected chi connectivity index (χ0v) is 16.6. The molecule has 2 fully saturated rings. The van der Waals surface area contributed by atoms with E-state index in [1.165, 1.54) is 17.4 Å². The van der Waals surface area contributed by atoms with Gasteiger partial charge in [-0.3, -0.25) is 19.3 Å². The summed E-state index contributed by atoms with van der Waals surface area (Å²) < 4.78 is 17.7. The van der Waals surface area contributed by atoms with Crippen LogP contribution >= 0.6 is 11.3 Å². The number of hydrogen-bond donors (Lipinski definition) is 2. The molecule has 1 aromatic heterocycles. The molecule has 0 radical (unpaired) electrons. The number of nitrogens with zero attached hydrogens (tertiary/aromatic N) is 3. The van der Waals surface area contributed by atoms with Gasteiger partial charge in [-0.2, -0.15) is 0 Å². The lowest BCUT2D eigenvalue weighted by Crippen LogP contribution is -2.74. The molecule has 1 aromatic rings. The van der Waals surface area contributed by atoms with E-state index in [4.69, 9.17) is 15.3 Å². The molecular weight excluding hydrogens is 410 g/mol. The number of carbonyl (C=O) groups excluding carboxylic acids is 3. The van der Waals surface area contributed by atoms with Crippen molar-refractivity contribution in [1.82, 2.24) is 15.2 Å². The Morgan fingerprint density at radius 3 is 3.00 bits per heavy atom. The van der Waals surface area contributed by atoms with Gasteiger partial charge < -0.3 is 25.2 Å². The number of β-lactam (4-membered cyclic amide) rings is 1. The van der Waals surface area contributed by atoms with Crippen molar-refractivity contribution in [3.05, 3.63) is 11.1 Å². The third-order valence-corrected chi connectivity index (χ3v) is 6.63. The van der Waals surface area contributed by atoms with Crippen molar-refractivity contribution in [2.75, 3.05) is 25.3 Å². The highest BCUT2D eigenvalue weighted by molar-refractivity contribution is 7.92. The summed E-state index contributed by atoms with van der Waals surface area (Å²) in [5.74, 6) is -1.30. The lowest BCUT2D eigenvalue weighted by Gasteiger charge is -2.45. The Labute approximate surface area is 167 Å². The summed E-state index contributed by atoms with van der Waals surface area (Å²) in [5.41, 5.74) is 5.63. The van der Waals surface area contributed by atoms with E-state index >= 15 is 0 Å². The van der Waals surface area contributed by atoms with Gasteiger partial charge in [0.05, 0.1) is 0 Å². The van der Waals surface area contributed by atoms with Crippen molar-refractivity contribution in [3.63, 3.8) is 0 Å². The third-order valence-electron chi connectivity index (χ3n) is 4.20. The monoisotopic (exact) mass is 429 g/mol. The van der Waals surface area contributed by atoms with Gasteiger partial charge in [-0.25, -0.2) is 4.98 Å². The van der Waals surface area contributed by atoms with Crippen LogP contribution in [0.4, 0.5) is 5.13 Å². The molecule has 1 unspecified atom stereocenters. The molecule has 3 atom stereocenters. The van der Waals surface area contributed by atoms with Crippen molar-refractivity contribution >= 4 is 51.1 Å². The van der Waals surface area contributed by atoms with Crippen LogP contribution in [0.5, 0.6) is 0 Å². The number of rotatable bonds is 4. The van der Waals surface area contributed by atoms with Crippen LogP contribution < -0.4 is 11.1 Å². The van der Waals surface area contributed by atoms with E-state index in [0.717, 1.165) is 11.3 Å². The first kappa shape index (κ1) is 20.4. The van der Waals surface area contributed by atoms with E-state index in [0.29, 0.717) is 18.6 Å². The molecular formula is C15H19N5O6S2. The molecule has 0 aromatic carbocycles. The van der Waals surface area contributed by atoms with Crippen LogP contribution in [0.15, 0.2) is 10.5 Å². The van der Waals surface area contributed by atoms with Crippen molar-refractivity contribution in [2.24, 2.45) is 5.16 Å². The van der Waals surface area contributed by atoms with Crippen molar-refractivity contribution in [3.8, 4) is 0 Å². The topological polar surface area (TPSA) is 159 Å². The van der Waals surface area contributed by atoms with E-state index in [2.05, 4.69) is 15.5 Å². The lowest BCUT2D eigenvalue weighted by molar-refractivity contribution is -0.164. The van der Waals surface area contributed by atoms with E-state index < -0.39 is 40.4 Å². The summed E-state index contributed by atoms with van der Waals surface area (Å²) in [6.07, 6.45) is 1.32. The Morgan fingerprint density at radius 2 is 2.32 bits per heavy atom. The Bertz CT molecular complexity index is 800. The number of aromatic nitrogens is 1. The highest BCUT2D eigenvalue weighted by atomic mass is 32.2. The molecule has 2 saturated heterocycles. The lowest BCUT2D eigenvalue weighted by atomic mass is 10.1. The van der Waals surface area contributed by atoms with Crippen LogP contribution in [0, 0.1) is 0 Å². The molecule has 3 heterocycles.